The second kappa shape index (κ2) is 8.68. The Bertz CT molecular complexity index is 972. The summed E-state index contributed by atoms with van der Waals surface area (Å²) in [5.74, 6) is -0.724. The van der Waals surface area contributed by atoms with Crippen molar-refractivity contribution in [1.82, 2.24) is 0 Å². The lowest BCUT2D eigenvalue weighted by molar-refractivity contribution is -0.385. The monoisotopic (exact) mass is 378 g/mol. The topological polar surface area (TPSA) is 102 Å². The van der Waals surface area contributed by atoms with Crippen LogP contribution in [0.4, 0.5) is 17.1 Å². The smallest absolute Gasteiger partial charge is 0.311 e. The third kappa shape index (κ3) is 5.07. The molecule has 3 aromatic carbocycles. The Morgan fingerprint density at radius 1 is 0.964 bits per heavy atom. The summed E-state index contributed by atoms with van der Waals surface area (Å²) in [4.78, 5) is 21.6. The number of hydrogen-bond donors (Lipinski definition) is 2. The molecule has 7 heteroatoms. The van der Waals surface area contributed by atoms with Gasteiger partial charge in [-0.3, -0.25) is 14.9 Å². The van der Waals surface area contributed by atoms with Crippen LogP contribution in [0.25, 0.3) is 0 Å². The third-order valence-corrected chi connectivity index (χ3v) is 3.99. The van der Waals surface area contributed by atoms with Crippen LogP contribution in [0.1, 0.15) is 11.1 Å². The first-order valence-corrected chi connectivity index (χ1v) is 8.54. The van der Waals surface area contributed by atoms with E-state index in [-0.39, 0.29) is 24.5 Å². The van der Waals surface area contributed by atoms with Crippen molar-refractivity contribution < 1.29 is 19.6 Å². The van der Waals surface area contributed by atoms with Crippen molar-refractivity contribution >= 4 is 23.0 Å². The summed E-state index contributed by atoms with van der Waals surface area (Å²) < 4.78 is 5.68. The van der Waals surface area contributed by atoms with Crippen LogP contribution in [-0.2, 0) is 17.8 Å². The molecule has 142 valence electrons. The Morgan fingerprint density at radius 3 is 2.29 bits per heavy atom. The maximum Gasteiger partial charge on any atom is 0.311 e. The zero-order valence-corrected chi connectivity index (χ0v) is 14.9. The fraction of sp³-hybridized carbons (Fsp3) is 0.0952. The number of nitro benzene ring substituents is 1. The van der Waals surface area contributed by atoms with Gasteiger partial charge in [-0.2, -0.15) is 0 Å². The van der Waals surface area contributed by atoms with Crippen molar-refractivity contribution in [2.45, 2.75) is 13.0 Å². The van der Waals surface area contributed by atoms with Crippen LogP contribution in [0.5, 0.6) is 5.75 Å². The SMILES string of the molecule is O=C(O)Cc1ccc(Nc2ccc([N+](=O)[O-])c(OCc3ccccc3)c2)cc1. The van der Waals surface area contributed by atoms with E-state index >= 15 is 0 Å². The normalized spacial score (nSPS) is 10.3. The number of nitrogens with one attached hydrogen (secondary N) is 1. The van der Waals surface area contributed by atoms with Gasteiger partial charge in [-0.15, -0.1) is 0 Å². The number of rotatable bonds is 8. The van der Waals surface area contributed by atoms with Gasteiger partial charge in [0, 0.05) is 23.5 Å². The van der Waals surface area contributed by atoms with Crippen LogP contribution in [0, 0.1) is 10.1 Å². The van der Waals surface area contributed by atoms with Gasteiger partial charge in [0.05, 0.1) is 11.3 Å². The number of carboxylic acid groups (broad SMARTS) is 1. The van der Waals surface area contributed by atoms with Crippen LogP contribution in [0.15, 0.2) is 72.8 Å². The summed E-state index contributed by atoms with van der Waals surface area (Å²) in [6.07, 6.45) is -0.0463. The predicted molar refractivity (Wildman–Crippen MR) is 105 cm³/mol. The fourth-order valence-corrected chi connectivity index (χ4v) is 2.64. The van der Waals surface area contributed by atoms with Crippen LogP contribution < -0.4 is 10.1 Å². The number of nitro groups is 1. The van der Waals surface area contributed by atoms with Crippen molar-refractivity contribution in [2.75, 3.05) is 5.32 Å². The first kappa shape index (κ1) is 18.9. The van der Waals surface area contributed by atoms with E-state index in [2.05, 4.69) is 5.32 Å². The van der Waals surface area contributed by atoms with Crippen molar-refractivity contribution in [3.05, 3.63) is 94.0 Å². The lowest BCUT2D eigenvalue weighted by Crippen LogP contribution is -2.01. The van der Waals surface area contributed by atoms with Gasteiger partial charge in [-0.1, -0.05) is 42.5 Å². The molecule has 0 aliphatic rings. The highest BCUT2D eigenvalue weighted by Gasteiger charge is 2.16. The summed E-state index contributed by atoms with van der Waals surface area (Å²) >= 11 is 0. The molecular weight excluding hydrogens is 360 g/mol. The lowest BCUT2D eigenvalue weighted by Gasteiger charge is -2.11. The van der Waals surface area contributed by atoms with Crippen molar-refractivity contribution in [1.29, 1.82) is 0 Å². The van der Waals surface area contributed by atoms with E-state index in [9.17, 15) is 14.9 Å². The van der Waals surface area contributed by atoms with Gasteiger partial charge >= 0.3 is 11.7 Å². The summed E-state index contributed by atoms with van der Waals surface area (Å²) in [5.41, 5.74) is 2.84. The highest BCUT2D eigenvalue weighted by molar-refractivity contribution is 5.71. The Hall–Kier alpha value is -3.87. The highest BCUT2D eigenvalue weighted by Crippen LogP contribution is 2.32. The zero-order valence-electron chi connectivity index (χ0n) is 14.9. The van der Waals surface area contributed by atoms with E-state index in [0.717, 1.165) is 11.3 Å². The largest absolute Gasteiger partial charge is 0.482 e. The van der Waals surface area contributed by atoms with Gasteiger partial charge in [0.1, 0.15) is 6.61 Å². The summed E-state index contributed by atoms with van der Waals surface area (Å²) in [5, 5.41) is 23.2. The van der Waals surface area contributed by atoms with Gasteiger partial charge in [-0.05, 0) is 29.3 Å². The molecule has 0 heterocycles. The number of carbonyl (C=O) groups is 1. The van der Waals surface area contributed by atoms with Crippen molar-refractivity contribution in [2.24, 2.45) is 0 Å². The molecule has 0 fully saturated rings. The Kier molecular flexibility index (Phi) is 5.86. The quantitative estimate of drug-likeness (QED) is 0.441. The van der Waals surface area contributed by atoms with Crippen LogP contribution in [0.3, 0.4) is 0 Å². The number of ether oxygens (including phenoxy) is 1. The van der Waals surface area contributed by atoms with Crippen molar-refractivity contribution in [3.63, 3.8) is 0 Å². The van der Waals surface area contributed by atoms with Crippen molar-refractivity contribution in [3.8, 4) is 5.75 Å². The van der Waals surface area contributed by atoms with E-state index in [1.165, 1.54) is 6.07 Å². The molecule has 0 spiro atoms. The van der Waals surface area contributed by atoms with E-state index in [4.69, 9.17) is 9.84 Å². The molecule has 0 aromatic heterocycles. The second-order valence-electron chi connectivity index (χ2n) is 6.11. The molecule has 0 amide bonds. The molecule has 7 nitrogen and oxygen atoms in total. The highest BCUT2D eigenvalue weighted by atomic mass is 16.6. The number of aliphatic carboxylic acids is 1. The number of benzene rings is 3. The summed E-state index contributed by atoms with van der Waals surface area (Å²) in [6.45, 7) is 0.217. The van der Waals surface area contributed by atoms with E-state index in [1.54, 1.807) is 36.4 Å². The second-order valence-corrected chi connectivity index (χ2v) is 6.11. The third-order valence-electron chi connectivity index (χ3n) is 3.99. The number of hydrogen-bond acceptors (Lipinski definition) is 5. The maximum absolute atomic E-state index is 11.3. The number of nitrogens with zero attached hydrogens (tertiary/aromatic N) is 1. The molecule has 0 aliphatic carbocycles. The minimum atomic E-state index is -0.892. The molecule has 0 saturated carbocycles. The molecule has 2 N–H and O–H groups in total. The molecule has 3 rings (SSSR count). The summed E-state index contributed by atoms with van der Waals surface area (Å²) in [7, 11) is 0. The lowest BCUT2D eigenvalue weighted by atomic mass is 10.1. The van der Waals surface area contributed by atoms with E-state index in [1.807, 2.05) is 30.3 Å². The number of carboxylic acids is 1. The molecule has 0 aliphatic heterocycles. The van der Waals surface area contributed by atoms with E-state index in [0.29, 0.717) is 11.3 Å². The minimum Gasteiger partial charge on any atom is -0.482 e. The Labute approximate surface area is 161 Å². The van der Waals surface area contributed by atoms with Crippen LogP contribution in [0.2, 0.25) is 0 Å². The zero-order chi connectivity index (χ0) is 19.9. The van der Waals surface area contributed by atoms with Gasteiger partial charge < -0.3 is 15.2 Å². The van der Waals surface area contributed by atoms with Gasteiger partial charge in [-0.25, -0.2) is 0 Å². The maximum atomic E-state index is 11.3. The predicted octanol–water partition coefficient (Wildman–Crippen LogP) is 4.54. The molecular formula is C21H18N2O5. The Balaban J connectivity index is 1.76. The van der Waals surface area contributed by atoms with Crippen LogP contribution >= 0.6 is 0 Å². The van der Waals surface area contributed by atoms with Gasteiger partial charge in [0.25, 0.3) is 0 Å². The first-order chi connectivity index (χ1) is 13.5. The molecule has 3 aromatic rings. The Morgan fingerprint density at radius 2 is 1.64 bits per heavy atom. The summed E-state index contributed by atoms with van der Waals surface area (Å²) in [6, 6.07) is 20.9. The standard InChI is InChI=1S/C21H18N2O5/c24-21(25)12-15-6-8-17(9-7-15)22-18-10-11-19(23(26)27)20(13-18)28-14-16-4-2-1-3-5-16/h1-11,13,22H,12,14H2,(H,24,25). The average molecular weight is 378 g/mol. The fourth-order valence-electron chi connectivity index (χ4n) is 2.64. The number of anilines is 2. The van der Waals surface area contributed by atoms with Crippen LogP contribution in [-0.4, -0.2) is 16.0 Å². The average Bonchev–Trinajstić information content (AvgIpc) is 2.68. The molecule has 28 heavy (non-hydrogen) atoms. The molecule has 0 radical (unpaired) electrons. The molecule has 0 bridgehead atoms. The molecule has 0 saturated heterocycles. The molecule has 0 unspecified atom stereocenters. The molecule has 0 atom stereocenters. The van der Waals surface area contributed by atoms with E-state index < -0.39 is 10.9 Å². The minimum absolute atomic E-state index is 0.0463. The first-order valence-electron chi connectivity index (χ1n) is 8.54. The van der Waals surface area contributed by atoms with Gasteiger partial charge in [0.2, 0.25) is 0 Å². The van der Waals surface area contributed by atoms with Gasteiger partial charge in [0.15, 0.2) is 5.75 Å².